The number of amides is 3. The molecule has 1 rings (SSSR count). The highest BCUT2D eigenvalue weighted by molar-refractivity contribution is 7.88. The van der Waals surface area contributed by atoms with E-state index >= 15 is 0 Å². The molecule has 0 saturated heterocycles. The number of hydrogen-bond acceptors (Lipinski definition) is 4. The molecule has 0 aliphatic carbocycles. The van der Waals surface area contributed by atoms with E-state index < -0.39 is 16.1 Å². The van der Waals surface area contributed by atoms with Gasteiger partial charge in [0.2, 0.25) is 16.4 Å². The predicted molar refractivity (Wildman–Crippen MR) is 62.0 cm³/mol. The van der Waals surface area contributed by atoms with Crippen LogP contribution in [0.1, 0.15) is 5.56 Å². The summed E-state index contributed by atoms with van der Waals surface area (Å²) in [7, 11) is -3.38. The Balaban J connectivity index is 0.000000366. The average Bonchev–Trinajstić information content (AvgIpc) is 2.17. The Morgan fingerprint density at radius 2 is 1.82 bits per heavy atom. The smallest absolute Gasteiger partial charge is 0.318 e. The van der Waals surface area contributed by atoms with E-state index in [0.29, 0.717) is 0 Å². The molecule has 5 N–H and O–H groups in total. The lowest BCUT2D eigenvalue weighted by Crippen LogP contribution is -2.27. The molecule has 0 aromatic heterocycles. The number of urea groups is 1. The minimum atomic E-state index is -3.38. The molecule has 0 spiro atoms. The van der Waals surface area contributed by atoms with Gasteiger partial charge in [-0.15, -0.1) is 0 Å². The quantitative estimate of drug-likeness (QED) is 0.618. The zero-order valence-corrected chi connectivity index (χ0v) is 9.68. The highest BCUT2D eigenvalue weighted by atomic mass is 32.2. The maximum atomic E-state index is 10.6. The second kappa shape index (κ2) is 7.36. The van der Waals surface area contributed by atoms with Crippen LogP contribution in [0.15, 0.2) is 30.3 Å². The number of carbonyl (C=O) groups excluding carboxylic acids is 2. The number of benzene rings is 1. The van der Waals surface area contributed by atoms with E-state index in [-0.39, 0.29) is 12.2 Å². The Hall–Kier alpha value is -1.93. The molecule has 8 heteroatoms. The van der Waals surface area contributed by atoms with Crippen LogP contribution in [0.2, 0.25) is 0 Å². The fourth-order valence-corrected chi connectivity index (χ4v) is 1.52. The summed E-state index contributed by atoms with van der Waals surface area (Å²) >= 11 is 0. The number of nitrogens with one attached hydrogen (secondary N) is 1. The van der Waals surface area contributed by atoms with Crippen molar-refractivity contribution in [2.75, 3.05) is 0 Å². The van der Waals surface area contributed by atoms with E-state index in [1.165, 1.54) is 0 Å². The SMILES string of the molecule is NC(=O)NC=O.NS(=O)(=O)Cc1ccccc1. The van der Waals surface area contributed by atoms with Crippen LogP contribution in [0.3, 0.4) is 0 Å². The van der Waals surface area contributed by atoms with E-state index in [4.69, 9.17) is 5.14 Å². The largest absolute Gasteiger partial charge is 0.351 e. The summed E-state index contributed by atoms with van der Waals surface area (Å²) < 4.78 is 21.2. The van der Waals surface area contributed by atoms with Gasteiger partial charge in [-0.1, -0.05) is 30.3 Å². The summed E-state index contributed by atoms with van der Waals surface area (Å²) in [6.07, 6.45) is 0.225. The van der Waals surface area contributed by atoms with Crippen LogP contribution in [0, 0.1) is 0 Å². The molecule has 0 aliphatic rings. The highest BCUT2D eigenvalue weighted by Crippen LogP contribution is 2.01. The number of primary sulfonamides is 1. The van der Waals surface area contributed by atoms with Gasteiger partial charge in [0, 0.05) is 0 Å². The molecule has 0 bridgehead atoms. The van der Waals surface area contributed by atoms with Crippen molar-refractivity contribution in [3.05, 3.63) is 35.9 Å². The third-order valence-electron chi connectivity index (χ3n) is 1.41. The molecule has 3 amide bonds. The van der Waals surface area contributed by atoms with Crippen LogP contribution in [-0.2, 0) is 20.6 Å². The fourth-order valence-electron chi connectivity index (χ4n) is 0.865. The van der Waals surface area contributed by atoms with Gasteiger partial charge in [0.05, 0.1) is 5.75 Å². The van der Waals surface area contributed by atoms with Crippen LogP contribution in [0.4, 0.5) is 4.79 Å². The Bertz CT molecular complexity index is 458. The van der Waals surface area contributed by atoms with Gasteiger partial charge in [-0.25, -0.2) is 18.4 Å². The molecule has 0 fully saturated rings. The molecule has 94 valence electrons. The number of hydrogen-bond donors (Lipinski definition) is 3. The van der Waals surface area contributed by atoms with Crippen LogP contribution >= 0.6 is 0 Å². The number of rotatable bonds is 3. The van der Waals surface area contributed by atoms with Crippen molar-refractivity contribution in [3.8, 4) is 0 Å². The lowest BCUT2D eigenvalue weighted by atomic mass is 10.2. The topological polar surface area (TPSA) is 132 Å². The first-order valence-corrected chi connectivity index (χ1v) is 6.10. The van der Waals surface area contributed by atoms with Gasteiger partial charge < -0.3 is 5.73 Å². The van der Waals surface area contributed by atoms with Crippen LogP contribution < -0.4 is 16.2 Å². The minimum Gasteiger partial charge on any atom is -0.351 e. The molecule has 0 unspecified atom stereocenters. The molecule has 7 nitrogen and oxygen atoms in total. The summed E-state index contributed by atoms with van der Waals surface area (Å²) in [6, 6.07) is 8.01. The van der Waals surface area contributed by atoms with Crippen molar-refractivity contribution >= 4 is 22.5 Å². The molecular weight excluding hydrogens is 246 g/mol. The zero-order valence-electron chi connectivity index (χ0n) is 8.87. The van der Waals surface area contributed by atoms with Crippen molar-refractivity contribution in [2.45, 2.75) is 5.75 Å². The third kappa shape index (κ3) is 10.4. The summed E-state index contributed by atoms with van der Waals surface area (Å²) in [5, 5.41) is 6.51. The summed E-state index contributed by atoms with van der Waals surface area (Å²) in [5.74, 6) is -0.0894. The average molecular weight is 259 g/mol. The molecule has 1 aromatic carbocycles. The van der Waals surface area contributed by atoms with Gasteiger partial charge in [-0.2, -0.15) is 0 Å². The number of carbonyl (C=O) groups is 2. The standard InChI is InChI=1S/C7H9NO2S.C2H4N2O2/c8-11(9,10)6-7-4-2-1-3-5-7;3-2(6)4-1-5/h1-5H,6H2,(H2,8,9,10);1H,(H3,3,4,5,6). The third-order valence-corrected chi connectivity index (χ3v) is 2.15. The van der Waals surface area contributed by atoms with Crippen molar-refractivity contribution in [1.82, 2.24) is 5.32 Å². The van der Waals surface area contributed by atoms with E-state index in [2.05, 4.69) is 5.73 Å². The summed E-state index contributed by atoms with van der Waals surface area (Å²) in [4.78, 5) is 18.7. The van der Waals surface area contributed by atoms with Gasteiger partial charge in [-0.3, -0.25) is 10.1 Å². The monoisotopic (exact) mass is 259 g/mol. The number of primary amides is 1. The molecule has 0 heterocycles. The van der Waals surface area contributed by atoms with Crippen molar-refractivity contribution in [1.29, 1.82) is 0 Å². The highest BCUT2D eigenvalue weighted by Gasteiger charge is 2.02. The van der Waals surface area contributed by atoms with Crippen molar-refractivity contribution in [2.24, 2.45) is 10.9 Å². The van der Waals surface area contributed by atoms with Gasteiger partial charge >= 0.3 is 6.03 Å². The maximum absolute atomic E-state index is 10.6. The molecule has 0 radical (unpaired) electrons. The maximum Gasteiger partial charge on any atom is 0.318 e. The van der Waals surface area contributed by atoms with E-state index in [1.807, 2.05) is 6.07 Å². The fraction of sp³-hybridized carbons (Fsp3) is 0.111. The van der Waals surface area contributed by atoms with E-state index in [0.717, 1.165) is 5.56 Å². The van der Waals surface area contributed by atoms with Gasteiger partial charge in [0.15, 0.2) is 0 Å². The van der Waals surface area contributed by atoms with Crippen molar-refractivity contribution in [3.63, 3.8) is 0 Å². The molecule has 17 heavy (non-hydrogen) atoms. The first-order valence-electron chi connectivity index (χ1n) is 4.39. The second-order valence-electron chi connectivity index (χ2n) is 2.92. The van der Waals surface area contributed by atoms with E-state index in [1.54, 1.807) is 29.6 Å². The summed E-state index contributed by atoms with van der Waals surface area (Å²) in [6.45, 7) is 0. The lowest BCUT2D eigenvalue weighted by molar-refractivity contribution is -0.108. The Labute approximate surface area is 98.8 Å². The molecule has 0 atom stereocenters. The lowest BCUT2D eigenvalue weighted by Gasteiger charge is -1.96. The Kier molecular flexibility index (Phi) is 6.53. The number of sulfonamides is 1. The predicted octanol–water partition coefficient (Wildman–Crippen LogP) is -0.714. The van der Waals surface area contributed by atoms with Crippen LogP contribution in [0.5, 0.6) is 0 Å². The molecule has 0 aliphatic heterocycles. The molecular formula is C9H13N3O4S. The first-order chi connectivity index (χ1) is 7.85. The number of nitrogens with two attached hydrogens (primary N) is 2. The second-order valence-corrected chi connectivity index (χ2v) is 4.53. The summed E-state index contributed by atoms with van der Waals surface area (Å²) in [5.41, 5.74) is 5.14. The van der Waals surface area contributed by atoms with Gasteiger partial charge in [-0.05, 0) is 5.56 Å². The van der Waals surface area contributed by atoms with Gasteiger partial charge in [0.1, 0.15) is 0 Å². The first kappa shape index (κ1) is 15.1. The minimum absolute atomic E-state index is 0.0894. The van der Waals surface area contributed by atoms with Crippen molar-refractivity contribution < 1.29 is 18.0 Å². The molecule has 0 saturated carbocycles. The Morgan fingerprint density at radius 1 is 1.29 bits per heavy atom. The van der Waals surface area contributed by atoms with Crippen LogP contribution in [-0.4, -0.2) is 20.9 Å². The Morgan fingerprint density at radius 3 is 2.12 bits per heavy atom. The number of imide groups is 1. The van der Waals surface area contributed by atoms with Crippen LogP contribution in [0.25, 0.3) is 0 Å². The normalized spacial score (nSPS) is 9.71. The molecule has 1 aromatic rings. The zero-order chi connectivity index (χ0) is 13.3. The van der Waals surface area contributed by atoms with Gasteiger partial charge in [0.25, 0.3) is 0 Å². The van der Waals surface area contributed by atoms with E-state index in [9.17, 15) is 18.0 Å².